The summed E-state index contributed by atoms with van der Waals surface area (Å²) >= 11 is 0. The van der Waals surface area contributed by atoms with Gasteiger partial charge in [-0.15, -0.1) is 0 Å². The van der Waals surface area contributed by atoms with E-state index in [2.05, 4.69) is 15.8 Å². The van der Waals surface area contributed by atoms with Crippen LogP contribution in [-0.2, 0) is 0 Å². The molecule has 0 aliphatic rings. The summed E-state index contributed by atoms with van der Waals surface area (Å²) in [5.74, 6) is 0.358. The van der Waals surface area contributed by atoms with Crippen LogP contribution in [0, 0.1) is 0 Å². The summed E-state index contributed by atoms with van der Waals surface area (Å²) in [6.07, 6.45) is 2.88. The average Bonchev–Trinajstić information content (AvgIpc) is 3.29. The molecule has 8 nitrogen and oxygen atoms in total. The van der Waals surface area contributed by atoms with Crippen molar-refractivity contribution in [1.29, 1.82) is 0 Å². The average molecular weight is 393 g/mol. The molecule has 0 spiro atoms. The SMILES string of the molecule is COc1ccc(/C=N\NC(=O)c2ccccc2NC(=O)c2ccco2)cc1OC. The van der Waals surface area contributed by atoms with Gasteiger partial charge >= 0.3 is 0 Å². The number of nitrogens with zero attached hydrogens (tertiary/aromatic N) is 1. The Balaban J connectivity index is 1.70. The predicted molar refractivity (Wildman–Crippen MR) is 108 cm³/mol. The summed E-state index contributed by atoms with van der Waals surface area (Å²) in [5, 5.41) is 6.62. The van der Waals surface area contributed by atoms with Gasteiger partial charge in [0.25, 0.3) is 11.8 Å². The topological polar surface area (TPSA) is 102 Å². The van der Waals surface area contributed by atoms with Crippen molar-refractivity contribution < 1.29 is 23.5 Å². The van der Waals surface area contributed by atoms with Crippen LogP contribution in [0.3, 0.4) is 0 Å². The Labute approximate surface area is 167 Å². The number of hydrazone groups is 1. The summed E-state index contributed by atoms with van der Waals surface area (Å²) in [5.41, 5.74) is 3.76. The van der Waals surface area contributed by atoms with Crippen LogP contribution in [0.1, 0.15) is 26.5 Å². The third kappa shape index (κ3) is 4.81. The molecule has 0 radical (unpaired) electrons. The second-order valence-corrected chi connectivity index (χ2v) is 5.79. The summed E-state index contributed by atoms with van der Waals surface area (Å²) in [6.45, 7) is 0. The maximum absolute atomic E-state index is 12.5. The molecular weight excluding hydrogens is 374 g/mol. The highest BCUT2D eigenvalue weighted by atomic mass is 16.5. The third-order valence-electron chi connectivity index (χ3n) is 3.95. The van der Waals surface area contributed by atoms with Crippen molar-refractivity contribution >= 4 is 23.7 Å². The minimum absolute atomic E-state index is 0.145. The smallest absolute Gasteiger partial charge is 0.291 e. The van der Waals surface area contributed by atoms with E-state index in [-0.39, 0.29) is 11.3 Å². The number of anilines is 1. The van der Waals surface area contributed by atoms with Crippen LogP contribution in [0.4, 0.5) is 5.69 Å². The summed E-state index contributed by atoms with van der Waals surface area (Å²) in [4.78, 5) is 24.7. The monoisotopic (exact) mass is 393 g/mol. The molecule has 1 heterocycles. The van der Waals surface area contributed by atoms with Crippen molar-refractivity contribution in [3.63, 3.8) is 0 Å². The third-order valence-corrected chi connectivity index (χ3v) is 3.95. The number of carbonyl (C=O) groups excluding carboxylic acids is 2. The molecule has 0 bridgehead atoms. The number of hydrogen-bond acceptors (Lipinski definition) is 6. The fraction of sp³-hybridized carbons (Fsp3) is 0.0952. The van der Waals surface area contributed by atoms with Crippen molar-refractivity contribution in [2.75, 3.05) is 19.5 Å². The first-order valence-corrected chi connectivity index (χ1v) is 8.61. The predicted octanol–water partition coefficient (Wildman–Crippen LogP) is 3.31. The number of benzene rings is 2. The second-order valence-electron chi connectivity index (χ2n) is 5.79. The van der Waals surface area contributed by atoms with Crippen LogP contribution in [0.25, 0.3) is 0 Å². The molecule has 148 valence electrons. The lowest BCUT2D eigenvalue weighted by Gasteiger charge is -2.09. The molecule has 2 aromatic carbocycles. The van der Waals surface area contributed by atoms with Crippen LogP contribution in [0.5, 0.6) is 11.5 Å². The number of para-hydroxylation sites is 1. The maximum Gasteiger partial charge on any atom is 0.291 e. The lowest BCUT2D eigenvalue weighted by atomic mass is 10.1. The van der Waals surface area contributed by atoms with Crippen LogP contribution in [0.15, 0.2) is 70.4 Å². The van der Waals surface area contributed by atoms with Gasteiger partial charge in [0.05, 0.1) is 37.9 Å². The highest BCUT2D eigenvalue weighted by Gasteiger charge is 2.15. The number of hydrogen-bond donors (Lipinski definition) is 2. The van der Waals surface area contributed by atoms with Gasteiger partial charge < -0.3 is 19.2 Å². The number of ether oxygens (including phenoxy) is 2. The second kappa shape index (κ2) is 9.23. The van der Waals surface area contributed by atoms with Crippen molar-refractivity contribution in [1.82, 2.24) is 5.43 Å². The largest absolute Gasteiger partial charge is 0.493 e. The van der Waals surface area contributed by atoms with E-state index in [1.54, 1.807) is 55.6 Å². The molecular formula is C21H19N3O5. The van der Waals surface area contributed by atoms with Gasteiger partial charge in [0.15, 0.2) is 17.3 Å². The van der Waals surface area contributed by atoms with Gasteiger partial charge in [-0.1, -0.05) is 12.1 Å². The molecule has 0 saturated carbocycles. The van der Waals surface area contributed by atoms with E-state index < -0.39 is 11.8 Å². The van der Waals surface area contributed by atoms with Gasteiger partial charge in [-0.25, -0.2) is 5.43 Å². The molecule has 29 heavy (non-hydrogen) atoms. The van der Waals surface area contributed by atoms with Crippen molar-refractivity contribution in [2.45, 2.75) is 0 Å². The molecule has 2 N–H and O–H groups in total. The first-order chi connectivity index (χ1) is 14.1. The number of furan rings is 1. The molecule has 0 unspecified atom stereocenters. The number of carbonyl (C=O) groups is 2. The molecule has 0 atom stereocenters. The fourth-order valence-electron chi connectivity index (χ4n) is 2.54. The van der Waals surface area contributed by atoms with Crippen molar-refractivity contribution in [2.24, 2.45) is 5.10 Å². The van der Waals surface area contributed by atoms with Gasteiger partial charge in [0, 0.05) is 0 Å². The molecule has 8 heteroatoms. The van der Waals surface area contributed by atoms with E-state index in [1.807, 2.05) is 0 Å². The Hall–Kier alpha value is -4.07. The quantitative estimate of drug-likeness (QED) is 0.474. The Morgan fingerprint density at radius 1 is 0.966 bits per heavy atom. The molecule has 3 aromatic rings. The molecule has 0 saturated heterocycles. The van der Waals surface area contributed by atoms with Crippen LogP contribution in [-0.4, -0.2) is 32.2 Å². The lowest BCUT2D eigenvalue weighted by molar-refractivity contribution is 0.0956. The van der Waals surface area contributed by atoms with Gasteiger partial charge in [-0.3, -0.25) is 9.59 Å². The highest BCUT2D eigenvalue weighted by Crippen LogP contribution is 2.26. The van der Waals surface area contributed by atoms with E-state index in [0.29, 0.717) is 22.7 Å². The molecule has 1 aromatic heterocycles. The standard InChI is InChI=1S/C21H19N3O5/c1-27-17-10-9-14(12-19(17)28-2)13-22-24-20(25)15-6-3-4-7-16(15)23-21(26)18-8-5-11-29-18/h3-13H,1-2H3,(H,23,26)(H,24,25)/b22-13-. The van der Waals surface area contributed by atoms with Crippen LogP contribution < -0.4 is 20.2 Å². The van der Waals surface area contributed by atoms with Crippen molar-refractivity contribution in [3.05, 3.63) is 77.7 Å². The number of nitrogens with one attached hydrogen (secondary N) is 2. The van der Waals surface area contributed by atoms with Gasteiger partial charge in [0.1, 0.15) is 0 Å². The Bertz CT molecular complexity index is 1030. The highest BCUT2D eigenvalue weighted by molar-refractivity contribution is 6.07. The Morgan fingerprint density at radius 3 is 2.48 bits per heavy atom. The minimum atomic E-state index is -0.475. The number of methoxy groups -OCH3 is 2. The normalized spacial score (nSPS) is 10.6. The molecule has 2 amide bonds. The van der Waals surface area contributed by atoms with Crippen molar-refractivity contribution in [3.8, 4) is 11.5 Å². The van der Waals surface area contributed by atoms with Gasteiger partial charge in [-0.05, 0) is 48.0 Å². The summed E-state index contributed by atoms with van der Waals surface area (Å²) in [6, 6.07) is 15.0. The molecule has 3 rings (SSSR count). The van der Waals surface area contributed by atoms with Gasteiger partial charge in [-0.2, -0.15) is 5.10 Å². The summed E-state index contributed by atoms with van der Waals surface area (Å²) in [7, 11) is 3.09. The Kier molecular flexibility index (Phi) is 6.26. The zero-order valence-corrected chi connectivity index (χ0v) is 15.8. The number of amides is 2. The van der Waals surface area contributed by atoms with E-state index in [4.69, 9.17) is 13.9 Å². The lowest BCUT2D eigenvalue weighted by Crippen LogP contribution is -2.21. The summed E-state index contributed by atoms with van der Waals surface area (Å²) < 4.78 is 15.5. The maximum atomic E-state index is 12.5. The zero-order valence-electron chi connectivity index (χ0n) is 15.8. The van der Waals surface area contributed by atoms with E-state index >= 15 is 0 Å². The molecule has 0 fully saturated rings. The van der Waals surface area contributed by atoms with Crippen LogP contribution >= 0.6 is 0 Å². The fourth-order valence-corrected chi connectivity index (χ4v) is 2.54. The first-order valence-electron chi connectivity index (χ1n) is 8.61. The zero-order chi connectivity index (χ0) is 20.6. The number of rotatable bonds is 7. The van der Waals surface area contributed by atoms with E-state index in [1.165, 1.54) is 25.7 Å². The van der Waals surface area contributed by atoms with Crippen LogP contribution in [0.2, 0.25) is 0 Å². The Morgan fingerprint density at radius 2 is 1.76 bits per heavy atom. The minimum Gasteiger partial charge on any atom is -0.493 e. The van der Waals surface area contributed by atoms with Gasteiger partial charge in [0.2, 0.25) is 0 Å². The molecule has 0 aliphatic carbocycles. The van der Waals surface area contributed by atoms with E-state index in [0.717, 1.165) is 0 Å². The van der Waals surface area contributed by atoms with E-state index in [9.17, 15) is 9.59 Å². The first kappa shape index (κ1) is 19.7. The molecule has 0 aliphatic heterocycles.